The third-order valence-electron chi connectivity index (χ3n) is 2.63. The third-order valence-corrected chi connectivity index (χ3v) is 4.83. The maximum absolute atomic E-state index is 9.24. The molecule has 0 amide bonds. The molecule has 5 heteroatoms. The molecule has 2 aromatic heterocycles. The molecule has 2 heterocycles. The molecule has 0 saturated heterocycles. The second kappa shape index (κ2) is 5.00. The topological polar surface area (TPSA) is 49.6 Å². The van der Waals surface area contributed by atoms with Crippen molar-refractivity contribution in [1.29, 1.82) is 5.26 Å². The van der Waals surface area contributed by atoms with Crippen LogP contribution in [0, 0.1) is 18.3 Å². The summed E-state index contributed by atoms with van der Waals surface area (Å²) in [5, 5.41) is 12.3. The monoisotopic (exact) mass is 283 g/mol. The van der Waals surface area contributed by atoms with Gasteiger partial charge in [-0.1, -0.05) is 30.0 Å². The zero-order chi connectivity index (χ0) is 13.2. The maximum atomic E-state index is 9.24. The summed E-state index contributed by atoms with van der Waals surface area (Å²) in [4.78, 5) is 9.68. The van der Waals surface area contributed by atoms with Crippen LogP contribution in [0.1, 0.15) is 11.3 Å². The summed E-state index contributed by atoms with van der Waals surface area (Å²) in [6.45, 7) is 1.97. The molecule has 0 spiro atoms. The summed E-state index contributed by atoms with van der Waals surface area (Å²) >= 11 is 3.13. The van der Waals surface area contributed by atoms with Gasteiger partial charge in [0.1, 0.15) is 6.07 Å². The van der Waals surface area contributed by atoms with E-state index in [1.807, 2.05) is 36.6 Å². The molecule has 0 fully saturated rings. The van der Waals surface area contributed by atoms with Gasteiger partial charge in [-0.05, 0) is 13.0 Å². The van der Waals surface area contributed by atoms with Crippen molar-refractivity contribution >= 4 is 34.0 Å². The number of nitriles is 1. The van der Waals surface area contributed by atoms with Crippen molar-refractivity contribution in [2.24, 2.45) is 0 Å². The summed E-state index contributed by atoms with van der Waals surface area (Å²) < 4.78 is 0.949. The Labute approximate surface area is 118 Å². The number of hydrogen-bond donors (Lipinski definition) is 0. The van der Waals surface area contributed by atoms with Gasteiger partial charge in [-0.15, -0.1) is 11.3 Å². The lowest BCUT2D eigenvalue weighted by Gasteiger charge is -2.05. The molecule has 0 atom stereocenters. The number of thiazole rings is 1. The van der Waals surface area contributed by atoms with Crippen LogP contribution in [0.5, 0.6) is 0 Å². The second-order valence-corrected chi connectivity index (χ2v) is 6.10. The van der Waals surface area contributed by atoms with Crippen molar-refractivity contribution < 1.29 is 0 Å². The van der Waals surface area contributed by atoms with Gasteiger partial charge in [0.2, 0.25) is 0 Å². The molecule has 3 nitrogen and oxygen atoms in total. The Balaban J connectivity index is 2.17. The van der Waals surface area contributed by atoms with Gasteiger partial charge in [-0.2, -0.15) is 5.26 Å². The Bertz CT molecular complexity index is 787. The number of para-hydroxylation sites is 1. The minimum atomic E-state index is 0.594. The molecular formula is C14H9N3S2. The van der Waals surface area contributed by atoms with Gasteiger partial charge in [0.05, 0.1) is 11.1 Å². The van der Waals surface area contributed by atoms with Gasteiger partial charge in [-0.25, -0.2) is 4.98 Å². The van der Waals surface area contributed by atoms with Gasteiger partial charge in [0.25, 0.3) is 0 Å². The minimum absolute atomic E-state index is 0.594. The first kappa shape index (κ1) is 12.2. The predicted octanol–water partition coefficient (Wildman–Crippen LogP) is 4.02. The van der Waals surface area contributed by atoms with E-state index in [0.29, 0.717) is 5.56 Å². The summed E-state index contributed by atoms with van der Waals surface area (Å²) in [5.74, 6) is 0. The molecule has 92 valence electrons. The van der Waals surface area contributed by atoms with E-state index in [1.54, 1.807) is 17.5 Å². The summed E-state index contributed by atoms with van der Waals surface area (Å²) in [7, 11) is 0. The molecular weight excluding hydrogens is 274 g/mol. The van der Waals surface area contributed by atoms with Crippen LogP contribution in [-0.2, 0) is 0 Å². The SMILES string of the molecule is Cc1csc(Sc2c(C#N)cnc3ccccc23)n1. The number of fused-ring (bicyclic) bond motifs is 1. The Kier molecular flexibility index (Phi) is 3.20. The fourth-order valence-corrected chi connectivity index (χ4v) is 3.73. The first-order chi connectivity index (χ1) is 9.28. The summed E-state index contributed by atoms with van der Waals surface area (Å²) in [5.41, 5.74) is 2.50. The first-order valence-corrected chi connectivity index (χ1v) is 7.35. The van der Waals surface area contributed by atoms with Gasteiger partial charge >= 0.3 is 0 Å². The fraction of sp³-hybridized carbons (Fsp3) is 0.0714. The summed E-state index contributed by atoms with van der Waals surface area (Å²) in [6.07, 6.45) is 1.63. The average Bonchev–Trinajstić information content (AvgIpc) is 2.85. The maximum Gasteiger partial charge on any atom is 0.154 e. The van der Waals surface area contributed by atoms with Crippen molar-refractivity contribution in [2.75, 3.05) is 0 Å². The highest BCUT2D eigenvalue weighted by Gasteiger charge is 2.11. The highest BCUT2D eigenvalue weighted by molar-refractivity contribution is 8.01. The summed E-state index contributed by atoms with van der Waals surface area (Å²) in [6, 6.07) is 10.1. The lowest BCUT2D eigenvalue weighted by Crippen LogP contribution is -1.87. The van der Waals surface area contributed by atoms with Crippen LogP contribution in [0.2, 0.25) is 0 Å². The Morgan fingerprint density at radius 3 is 2.89 bits per heavy atom. The van der Waals surface area contributed by atoms with Crippen LogP contribution in [0.4, 0.5) is 0 Å². The van der Waals surface area contributed by atoms with Crippen molar-refractivity contribution in [2.45, 2.75) is 16.2 Å². The standard InChI is InChI=1S/C14H9N3S2/c1-9-8-18-14(17-9)19-13-10(6-15)7-16-12-5-3-2-4-11(12)13/h2-5,7-8H,1H3. The minimum Gasteiger partial charge on any atom is -0.255 e. The van der Waals surface area contributed by atoms with E-state index in [4.69, 9.17) is 0 Å². The quantitative estimate of drug-likeness (QED) is 0.712. The van der Waals surface area contributed by atoms with Crippen LogP contribution in [0.25, 0.3) is 10.9 Å². The number of aryl methyl sites for hydroxylation is 1. The fourth-order valence-electron chi connectivity index (χ4n) is 1.77. The smallest absolute Gasteiger partial charge is 0.154 e. The van der Waals surface area contributed by atoms with E-state index in [1.165, 1.54) is 11.8 Å². The highest BCUT2D eigenvalue weighted by atomic mass is 32.2. The number of aromatic nitrogens is 2. The highest BCUT2D eigenvalue weighted by Crippen LogP contribution is 2.36. The van der Waals surface area contributed by atoms with Crippen molar-refractivity contribution in [1.82, 2.24) is 9.97 Å². The zero-order valence-electron chi connectivity index (χ0n) is 10.1. The molecule has 19 heavy (non-hydrogen) atoms. The van der Waals surface area contributed by atoms with Crippen LogP contribution < -0.4 is 0 Å². The van der Waals surface area contributed by atoms with E-state index in [0.717, 1.165) is 25.8 Å². The molecule has 3 aromatic rings. The second-order valence-electron chi connectivity index (χ2n) is 3.99. The van der Waals surface area contributed by atoms with Gasteiger partial charge in [0, 0.05) is 27.6 Å². The van der Waals surface area contributed by atoms with Crippen molar-refractivity contribution in [3.05, 3.63) is 47.1 Å². The molecule has 3 rings (SSSR count). The van der Waals surface area contributed by atoms with Gasteiger partial charge in [-0.3, -0.25) is 4.98 Å². The predicted molar refractivity (Wildman–Crippen MR) is 77.4 cm³/mol. The van der Waals surface area contributed by atoms with E-state index in [9.17, 15) is 5.26 Å². The van der Waals surface area contributed by atoms with Crippen LogP contribution >= 0.6 is 23.1 Å². The first-order valence-electron chi connectivity index (χ1n) is 5.66. The van der Waals surface area contributed by atoms with E-state index in [-0.39, 0.29) is 0 Å². The molecule has 0 aliphatic heterocycles. The zero-order valence-corrected chi connectivity index (χ0v) is 11.8. The number of nitrogens with zero attached hydrogens (tertiary/aromatic N) is 3. The third kappa shape index (κ3) is 2.33. The average molecular weight is 283 g/mol. The Morgan fingerprint density at radius 1 is 1.32 bits per heavy atom. The normalized spacial score (nSPS) is 10.5. The molecule has 0 unspecified atom stereocenters. The van der Waals surface area contributed by atoms with Gasteiger partial charge < -0.3 is 0 Å². The van der Waals surface area contributed by atoms with Crippen molar-refractivity contribution in [3.63, 3.8) is 0 Å². The Hall–Kier alpha value is -1.90. The lowest BCUT2D eigenvalue weighted by molar-refractivity contribution is 1.16. The van der Waals surface area contributed by atoms with Crippen LogP contribution in [0.3, 0.4) is 0 Å². The van der Waals surface area contributed by atoms with Crippen molar-refractivity contribution in [3.8, 4) is 6.07 Å². The van der Waals surface area contributed by atoms with E-state index < -0.39 is 0 Å². The number of hydrogen-bond acceptors (Lipinski definition) is 5. The molecule has 0 bridgehead atoms. The Morgan fingerprint density at radius 2 is 2.16 bits per heavy atom. The molecule has 0 N–H and O–H groups in total. The van der Waals surface area contributed by atoms with E-state index >= 15 is 0 Å². The van der Waals surface area contributed by atoms with Gasteiger partial charge in [0.15, 0.2) is 4.34 Å². The molecule has 0 aliphatic carbocycles. The van der Waals surface area contributed by atoms with Crippen LogP contribution in [0.15, 0.2) is 45.1 Å². The van der Waals surface area contributed by atoms with Crippen LogP contribution in [-0.4, -0.2) is 9.97 Å². The molecule has 0 aliphatic rings. The molecule has 1 aromatic carbocycles. The largest absolute Gasteiger partial charge is 0.255 e. The number of benzene rings is 1. The van der Waals surface area contributed by atoms with E-state index in [2.05, 4.69) is 16.0 Å². The number of pyridine rings is 1. The molecule has 0 saturated carbocycles. The lowest BCUT2D eigenvalue weighted by atomic mass is 10.2. The number of rotatable bonds is 2. The molecule has 0 radical (unpaired) electrons.